The zero-order chi connectivity index (χ0) is 21.8. The number of anilines is 2. The van der Waals surface area contributed by atoms with Gasteiger partial charge >= 0.3 is 0 Å². The van der Waals surface area contributed by atoms with E-state index in [-0.39, 0.29) is 18.5 Å². The number of nitrogens with zero attached hydrogens (tertiary/aromatic N) is 4. The highest BCUT2D eigenvalue weighted by Gasteiger charge is 2.12. The molecule has 2 heterocycles. The number of rotatable bonds is 7. The normalized spacial score (nSPS) is 10.9. The van der Waals surface area contributed by atoms with Crippen molar-refractivity contribution in [3.63, 3.8) is 0 Å². The highest BCUT2D eigenvalue weighted by molar-refractivity contribution is 6.30. The second kappa shape index (κ2) is 9.05. The van der Waals surface area contributed by atoms with E-state index in [1.54, 1.807) is 16.6 Å². The van der Waals surface area contributed by atoms with E-state index in [9.17, 15) is 13.6 Å². The fourth-order valence-electron chi connectivity index (χ4n) is 2.91. The molecule has 0 bridgehead atoms. The van der Waals surface area contributed by atoms with Crippen LogP contribution in [-0.4, -0.2) is 25.7 Å². The van der Waals surface area contributed by atoms with Gasteiger partial charge in [0.2, 0.25) is 5.91 Å². The van der Waals surface area contributed by atoms with Gasteiger partial charge in [-0.1, -0.05) is 23.7 Å². The first kappa shape index (κ1) is 20.7. The van der Waals surface area contributed by atoms with Gasteiger partial charge in [0.15, 0.2) is 11.5 Å². The van der Waals surface area contributed by atoms with Crippen molar-refractivity contribution in [2.45, 2.75) is 19.4 Å². The molecule has 31 heavy (non-hydrogen) atoms. The maximum absolute atomic E-state index is 13.7. The summed E-state index contributed by atoms with van der Waals surface area (Å²) in [6, 6.07) is 14.0. The highest BCUT2D eigenvalue weighted by atomic mass is 35.5. The summed E-state index contributed by atoms with van der Waals surface area (Å²) in [6.07, 6.45) is 0.269. The van der Waals surface area contributed by atoms with E-state index in [0.29, 0.717) is 34.9 Å². The molecule has 0 unspecified atom stereocenters. The first-order valence-electron chi connectivity index (χ1n) is 9.42. The maximum atomic E-state index is 13.7. The minimum Gasteiger partial charge on any atom is -0.365 e. The van der Waals surface area contributed by atoms with Crippen molar-refractivity contribution in [1.29, 1.82) is 0 Å². The SMILES string of the molecule is O=C(CCc1nnc2ccc(NCc3ccc(Cl)cc3)nn12)Nc1ccc(F)cc1F. The second-order valence-electron chi connectivity index (χ2n) is 6.76. The zero-order valence-corrected chi connectivity index (χ0v) is 16.9. The standard InChI is InChI=1S/C21H17ClF2N6O/c22-14-3-1-13(2-4-14)12-25-18-7-8-19-27-28-20(30(19)29-18)9-10-21(31)26-17-6-5-15(23)11-16(17)24/h1-8,11H,9-10,12H2,(H,25,29)(H,26,31). The van der Waals surface area contributed by atoms with Crippen LogP contribution in [0.25, 0.3) is 5.65 Å². The minimum atomic E-state index is -0.834. The number of carbonyl (C=O) groups excluding carboxylic acids is 1. The topological polar surface area (TPSA) is 84.2 Å². The molecule has 4 aromatic rings. The van der Waals surface area contributed by atoms with Gasteiger partial charge in [-0.05, 0) is 42.0 Å². The summed E-state index contributed by atoms with van der Waals surface area (Å²) in [7, 11) is 0. The number of amides is 1. The number of aromatic nitrogens is 4. The van der Waals surface area contributed by atoms with Crippen LogP contribution >= 0.6 is 11.6 Å². The number of hydrogen-bond acceptors (Lipinski definition) is 5. The van der Waals surface area contributed by atoms with Crippen LogP contribution in [0, 0.1) is 11.6 Å². The van der Waals surface area contributed by atoms with E-state index >= 15 is 0 Å². The van der Waals surface area contributed by atoms with Gasteiger partial charge in [0.1, 0.15) is 17.5 Å². The molecular formula is C21H17ClF2N6O. The predicted octanol–water partition coefficient (Wildman–Crippen LogP) is 4.24. The Balaban J connectivity index is 1.40. The second-order valence-corrected chi connectivity index (χ2v) is 7.19. The summed E-state index contributed by atoms with van der Waals surface area (Å²) >= 11 is 5.90. The lowest BCUT2D eigenvalue weighted by atomic mass is 10.2. The number of nitrogens with one attached hydrogen (secondary N) is 2. The summed E-state index contributed by atoms with van der Waals surface area (Å²) in [5.41, 5.74) is 1.50. The smallest absolute Gasteiger partial charge is 0.224 e. The molecule has 0 fully saturated rings. The van der Waals surface area contributed by atoms with Crippen molar-refractivity contribution in [2.24, 2.45) is 0 Å². The molecule has 0 aliphatic rings. The van der Waals surface area contributed by atoms with Crippen LogP contribution in [-0.2, 0) is 17.8 Å². The fraction of sp³-hybridized carbons (Fsp3) is 0.143. The summed E-state index contributed by atoms with van der Waals surface area (Å²) in [5.74, 6) is -0.878. The molecule has 0 aliphatic carbocycles. The molecule has 0 aliphatic heterocycles. The molecule has 158 valence electrons. The van der Waals surface area contributed by atoms with Crippen LogP contribution in [0.5, 0.6) is 0 Å². The van der Waals surface area contributed by atoms with Crippen molar-refractivity contribution >= 4 is 34.7 Å². The third-order valence-electron chi connectivity index (χ3n) is 4.50. The van der Waals surface area contributed by atoms with Crippen LogP contribution in [0.15, 0.2) is 54.6 Å². The minimum absolute atomic E-state index is 0.0295. The van der Waals surface area contributed by atoms with Crippen LogP contribution in [0.1, 0.15) is 17.8 Å². The van der Waals surface area contributed by atoms with E-state index in [2.05, 4.69) is 25.9 Å². The van der Waals surface area contributed by atoms with Crippen LogP contribution in [0.3, 0.4) is 0 Å². The lowest BCUT2D eigenvalue weighted by Crippen LogP contribution is -2.14. The molecule has 0 saturated heterocycles. The maximum Gasteiger partial charge on any atom is 0.224 e. The first-order valence-corrected chi connectivity index (χ1v) is 9.80. The largest absolute Gasteiger partial charge is 0.365 e. The monoisotopic (exact) mass is 442 g/mol. The molecule has 10 heteroatoms. The van der Waals surface area contributed by atoms with Gasteiger partial charge in [-0.15, -0.1) is 15.3 Å². The number of aryl methyl sites for hydroxylation is 1. The predicted molar refractivity (Wildman–Crippen MR) is 113 cm³/mol. The van der Waals surface area contributed by atoms with Gasteiger partial charge in [-0.2, -0.15) is 4.52 Å². The van der Waals surface area contributed by atoms with Crippen LogP contribution in [0.2, 0.25) is 5.02 Å². The lowest BCUT2D eigenvalue weighted by Gasteiger charge is -2.07. The van der Waals surface area contributed by atoms with E-state index in [1.807, 2.05) is 24.3 Å². The molecule has 2 aromatic heterocycles. The number of benzene rings is 2. The van der Waals surface area contributed by atoms with E-state index in [1.165, 1.54) is 6.07 Å². The van der Waals surface area contributed by atoms with Gasteiger partial charge in [0.05, 0.1) is 5.69 Å². The number of carbonyl (C=O) groups is 1. The Bertz CT molecular complexity index is 1230. The Hall–Kier alpha value is -3.59. The Kier molecular flexibility index (Phi) is 6.03. The third-order valence-corrected chi connectivity index (χ3v) is 4.75. The quantitative estimate of drug-likeness (QED) is 0.447. The molecule has 4 rings (SSSR count). The van der Waals surface area contributed by atoms with Crippen molar-refractivity contribution in [1.82, 2.24) is 19.8 Å². The van der Waals surface area contributed by atoms with E-state index < -0.39 is 17.5 Å². The Morgan fingerprint density at radius 1 is 1.03 bits per heavy atom. The van der Waals surface area contributed by atoms with Crippen LogP contribution in [0.4, 0.5) is 20.3 Å². The number of halogens is 3. The molecular weight excluding hydrogens is 426 g/mol. The van der Waals surface area contributed by atoms with Gasteiger partial charge in [0.25, 0.3) is 0 Å². The van der Waals surface area contributed by atoms with E-state index in [0.717, 1.165) is 11.6 Å². The summed E-state index contributed by atoms with van der Waals surface area (Å²) in [5, 5.41) is 18.9. The molecule has 1 amide bonds. The average molecular weight is 443 g/mol. The van der Waals surface area contributed by atoms with Crippen molar-refractivity contribution < 1.29 is 13.6 Å². The molecule has 7 nitrogen and oxygen atoms in total. The zero-order valence-electron chi connectivity index (χ0n) is 16.1. The molecule has 0 saturated carbocycles. The Morgan fingerprint density at radius 2 is 1.84 bits per heavy atom. The summed E-state index contributed by atoms with van der Waals surface area (Å²) < 4.78 is 28.2. The first-order chi connectivity index (χ1) is 15.0. The molecule has 0 radical (unpaired) electrons. The molecule has 2 aromatic carbocycles. The summed E-state index contributed by atoms with van der Waals surface area (Å²) in [4.78, 5) is 12.2. The van der Waals surface area contributed by atoms with Gasteiger partial charge in [-0.3, -0.25) is 4.79 Å². The fourth-order valence-corrected chi connectivity index (χ4v) is 3.03. The third kappa shape index (κ3) is 5.13. The van der Waals surface area contributed by atoms with Gasteiger partial charge in [0, 0.05) is 30.5 Å². The van der Waals surface area contributed by atoms with Crippen molar-refractivity contribution in [2.75, 3.05) is 10.6 Å². The number of fused-ring (bicyclic) bond motifs is 1. The molecule has 2 N–H and O–H groups in total. The summed E-state index contributed by atoms with van der Waals surface area (Å²) in [6.45, 7) is 0.554. The van der Waals surface area contributed by atoms with Gasteiger partial charge in [-0.25, -0.2) is 8.78 Å². The Labute approximate surface area is 181 Å². The number of hydrogen-bond donors (Lipinski definition) is 2. The van der Waals surface area contributed by atoms with Gasteiger partial charge < -0.3 is 10.6 Å². The molecule has 0 atom stereocenters. The highest BCUT2D eigenvalue weighted by Crippen LogP contribution is 2.16. The lowest BCUT2D eigenvalue weighted by molar-refractivity contribution is -0.116. The van der Waals surface area contributed by atoms with Crippen LogP contribution < -0.4 is 10.6 Å². The Morgan fingerprint density at radius 3 is 2.61 bits per heavy atom. The van der Waals surface area contributed by atoms with Crippen molar-refractivity contribution in [3.8, 4) is 0 Å². The molecule has 0 spiro atoms. The van der Waals surface area contributed by atoms with Crippen molar-refractivity contribution in [3.05, 3.63) is 82.6 Å². The average Bonchev–Trinajstić information content (AvgIpc) is 3.16. The van der Waals surface area contributed by atoms with E-state index in [4.69, 9.17) is 11.6 Å².